The maximum Gasteiger partial charge on any atom is 0.411 e. The van der Waals surface area contributed by atoms with Gasteiger partial charge in [-0.15, -0.1) is 0 Å². The Morgan fingerprint density at radius 1 is 0.595 bits per heavy atom. The third kappa shape index (κ3) is 8.15. The Bertz CT molecular complexity index is 1090. The fourth-order valence-corrected chi connectivity index (χ4v) is 10.7. The number of carbonyl (C=O) groups excluding carboxylic acids is 2. The van der Waals surface area contributed by atoms with Crippen LogP contribution in [0.1, 0.15) is 81.1 Å². The summed E-state index contributed by atoms with van der Waals surface area (Å²) in [5, 5.41) is 5.69. The zero-order chi connectivity index (χ0) is 30.8. The van der Waals surface area contributed by atoms with E-state index in [4.69, 9.17) is 9.47 Å². The van der Waals surface area contributed by atoms with Crippen LogP contribution in [0.3, 0.4) is 0 Å². The van der Waals surface area contributed by atoms with E-state index in [-0.39, 0.29) is 34.4 Å². The van der Waals surface area contributed by atoms with Gasteiger partial charge >= 0.3 is 12.2 Å². The molecule has 2 saturated heterocycles. The summed E-state index contributed by atoms with van der Waals surface area (Å²) in [5.41, 5.74) is 0.568. The average Bonchev–Trinajstić information content (AvgIpc) is 2.84. The maximum absolute atomic E-state index is 12.6. The minimum Gasteiger partial charge on any atom is -0.446 e. The molecule has 0 aromatic heterocycles. The third-order valence-electron chi connectivity index (χ3n) is 7.88. The van der Waals surface area contributed by atoms with E-state index in [9.17, 15) is 9.59 Å². The Hall–Kier alpha value is -2.40. The fraction of sp³-hybridized carbons (Fsp3) is 0.562. The first kappa shape index (κ1) is 32.5. The number of benzene rings is 2. The van der Waals surface area contributed by atoms with Gasteiger partial charge in [-0.25, -0.2) is 18.2 Å². The van der Waals surface area contributed by atoms with Crippen molar-refractivity contribution in [1.82, 2.24) is 8.61 Å². The lowest BCUT2D eigenvalue weighted by atomic mass is 9.81. The summed E-state index contributed by atoms with van der Waals surface area (Å²) < 4.78 is 16.7. The van der Waals surface area contributed by atoms with Crippen LogP contribution >= 0.6 is 22.0 Å². The molecule has 0 spiro atoms. The Balaban J connectivity index is 1.36. The van der Waals surface area contributed by atoms with E-state index in [0.717, 1.165) is 37.1 Å². The summed E-state index contributed by atoms with van der Waals surface area (Å²) in [5.74, 6) is 0. The van der Waals surface area contributed by atoms with Gasteiger partial charge in [0.25, 0.3) is 0 Å². The molecule has 2 aromatic rings. The highest BCUT2D eigenvalue weighted by atomic mass is 33.1. The van der Waals surface area contributed by atoms with Gasteiger partial charge in [0.15, 0.2) is 0 Å². The van der Waals surface area contributed by atoms with E-state index < -0.39 is 12.2 Å². The van der Waals surface area contributed by atoms with Crippen LogP contribution in [0.25, 0.3) is 0 Å². The number of piperidine rings is 2. The molecule has 0 radical (unpaired) electrons. The molecular weight excluding hydrogens is 569 g/mol. The van der Waals surface area contributed by atoms with Crippen LogP contribution in [0.15, 0.2) is 60.7 Å². The molecule has 0 atom stereocenters. The molecule has 0 unspecified atom stereocenters. The number of hydrogen-bond acceptors (Lipinski definition) is 8. The van der Waals surface area contributed by atoms with E-state index in [1.165, 1.54) is 0 Å². The van der Waals surface area contributed by atoms with E-state index in [1.54, 1.807) is 22.0 Å². The van der Waals surface area contributed by atoms with Gasteiger partial charge in [0.1, 0.15) is 12.2 Å². The molecule has 2 fully saturated rings. The first-order valence-electron chi connectivity index (χ1n) is 14.6. The van der Waals surface area contributed by atoms with Gasteiger partial charge in [-0.2, -0.15) is 0 Å². The molecule has 0 saturated carbocycles. The lowest BCUT2D eigenvalue weighted by Gasteiger charge is -2.56. The lowest BCUT2D eigenvalue weighted by molar-refractivity contribution is -0.0278. The Kier molecular flexibility index (Phi) is 9.82. The normalized spacial score (nSPS) is 22.2. The molecule has 10 heteroatoms. The number of amides is 2. The van der Waals surface area contributed by atoms with Crippen molar-refractivity contribution in [2.24, 2.45) is 0 Å². The molecule has 4 rings (SSSR count). The standard InChI is InChI=1S/C32H46N4O4S2/c1-29(2)19-25(39-27(37)33-23-15-11-9-12-16-23)20-30(3,4)35(29)41-42-36-31(5,6)21-26(22-32(36,7)8)40-28(38)34-24-17-13-10-14-18-24/h9-18,25-26H,19-22H2,1-8H3,(H,33,37)(H,34,38). The van der Waals surface area contributed by atoms with Crippen molar-refractivity contribution in [2.75, 3.05) is 10.6 Å². The van der Waals surface area contributed by atoms with Gasteiger partial charge in [0.2, 0.25) is 0 Å². The number of carbonyl (C=O) groups is 2. The van der Waals surface area contributed by atoms with E-state index in [1.807, 2.05) is 60.7 Å². The van der Waals surface area contributed by atoms with Gasteiger partial charge in [-0.05, 0) is 79.7 Å². The zero-order valence-electron chi connectivity index (χ0n) is 26.1. The number of ether oxygens (including phenoxy) is 2. The number of anilines is 2. The lowest BCUT2D eigenvalue weighted by Crippen LogP contribution is -2.61. The Labute approximate surface area is 259 Å². The number of para-hydroxylation sites is 2. The summed E-state index contributed by atoms with van der Waals surface area (Å²) in [6.07, 6.45) is 1.69. The summed E-state index contributed by atoms with van der Waals surface area (Å²) in [6.45, 7) is 17.7. The van der Waals surface area contributed by atoms with Crippen molar-refractivity contribution in [2.45, 2.75) is 115 Å². The van der Waals surface area contributed by atoms with Crippen LogP contribution in [0.2, 0.25) is 0 Å². The highest BCUT2D eigenvalue weighted by molar-refractivity contribution is 8.74. The summed E-state index contributed by atoms with van der Waals surface area (Å²) in [4.78, 5) is 25.3. The van der Waals surface area contributed by atoms with Gasteiger partial charge in [0.05, 0.1) is 0 Å². The van der Waals surface area contributed by atoms with Crippen molar-refractivity contribution in [3.63, 3.8) is 0 Å². The van der Waals surface area contributed by atoms with Crippen LogP contribution in [0.4, 0.5) is 21.0 Å². The third-order valence-corrected chi connectivity index (χ3v) is 11.3. The van der Waals surface area contributed by atoms with Crippen molar-refractivity contribution in [1.29, 1.82) is 0 Å². The second kappa shape index (κ2) is 12.7. The van der Waals surface area contributed by atoms with Crippen LogP contribution < -0.4 is 10.6 Å². The highest BCUT2D eigenvalue weighted by Gasteiger charge is 2.51. The van der Waals surface area contributed by atoms with E-state index in [2.05, 4.69) is 74.6 Å². The topological polar surface area (TPSA) is 83.1 Å². The number of rotatable bonds is 7. The predicted molar refractivity (Wildman–Crippen MR) is 174 cm³/mol. The molecule has 2 aromatic carbocycles. The van der Waals surface area contributed by atoms with Gasteiger partial charge < -0.3 is 9.47 Å². The molecule has 2 aliphatic rings. The van der Waals surface area contributed by atoms with Crippen LogP contribution in [-0.2, 0) is 9.47 Å². The molecule has 0 aliphatic carbocycles. The minimum atomic E-state index is -0.417. The number of hydrogen-bond donors (Lipinski definition) is 2. The van der Waals surface area contributed by atoms with Crippen LogP contribution in [0.5, 0.6) is 0 Å². The second-order valence-electron chi connectivity index (χ2n) is 13.8. The van der Waals surface area contributed by atoms with Gasteiger partial charge in [0, 0.05) is 81.2 Å². The first-order chi connectivity index (χ1) is 19.6. The SMILES string of the molecule is CC1(C)CC(OC(=O)Nc2ccccc2)CC(C)(C)N1SSN1C(C)(C)CC(OC(=O)Nc2ccccc2)CC1(C)C. The molecule has 0 bridgehead atoms. The van der Waals surface area contributed by atoms with Gasteiger partial charge in [-0.3, -0.25) is 10.6 Å². The Morgan fingerprint density at radius 2 is 0.881 bits per heavy atom. The number of nitrogens with zero attached hydrogens (tertiary/aromatic N) is 2. The van der Waals surface area contributed by atoms with Crippen molar-refractivity contribution >= 4 is 45.5 Å². The van der Waals surface area contributed by atoms with Crippen molar-refractivity contribution < 1.29 is 19.1 Å². The summed E-state index contributed by atoms with van der Waals surface area (Å²) in [6, 6.07) is 18.8. The number of nitrogens with one attached hydrogen (secondary N) is 2. The van der Waals surface area contributed by atoms with Crippen LogP contribution in [-0.4, -0.2) is 55.2 Å². The fourth-order valence-electron chi connectivity index (χ4n) is 6.62. The first-order valence-corrected chi connectivity index (χ1v) is 16.6. The molecule has 2 amide bonds. The molecule has 2 heterocycles. The molecule has 8 nitrogen and oxygen atoms in total. The smallest absolute Gasteiger partial charge is 0.411 e. The van der Waals surface area contributed by atoms with Crippen LogP contribution in [0, 0.1) is 0 Å². The zero-order valence-corrected chi connectivity index (χ0v) is 27.7. The minimum absolute atomic E-state index is 0.191. The Morgan fingerprint density at radius 3 is 1.17 bits per heavy atom. The maximum atomic E-state index is 12.6. The van der Waals surface area contributed by atoms with Crippen molar-refractivity contribution in [3.8, 4) is 0 Å². The molecular formula is C32H46N4O4S2. The predicted octanol–water partition coefficient (Wildman–Crippen LogP) is 8.74. The summed E-state index contributed by atoms with van der Waals surface area (Å²) >= 11 is 0. The van der Waals surface area contributed by atoms with Crippen molar-refractivity contribution in [3.05, 3.63) is 60.7 Å². The molecule has 230 valence electrons. The van der Waals surface area contributed by atoms with Gasteiger partial charge in [-0.1, -0.05) is 36.4 Å². The molecule has 2 aliphatic heterocycles. The largest absolute Gasteiger partial charge is 0.446 e. The summed E-state index contributed by atoms with van der Waals surface area (Å²) in [7, 11) is 3.53. The van der Waals surface area contributed by atoms with E-state index in [0.29, 0.717) is 0 Å². The average molecular weight is 615 g/mol. The highest BCUT2D eigenvalue weighted by Crippen LogP contribution is 2.53. The quantitative estimate of drug-likeness (QED) is 0.237. The second-order valence-corrected chi connectivity index (χ2v) is 15.8. The monoisotopic (exact) mass is 614 g/mol. The van der Waals surface area contributed by atoms with E-state index >= 15 is 0 Å². The molecule has 42 heavy (non-hydrogen) atoms. The molecule has 2 N–H and O–H groups in total.